The van der Waals surface area contributed by atoms with E-state index in [4.69, 9.17) is 18.4 Å². The quantitative estimate of drug-likeness (QED) is 0.0815. The summed E-state index contributed by atoms with van der Waals surface area (Å²) < 4.78 is 47.7. The van der Waals surface area contributed by atoms with E-state index in [1.807, 2.05) is 67.6 Å². The van der Waals surface area contributed by atoms with E-state index >= 15 is 0 Å². The van der Waals surface area contributed by atoms with Gasteiger partial charge in [-0.3, -0.25) is 18.6 Å². The van der Waals surface area contributed by atoms with Crippen LogP contribution in [-0.4, -0.2) is 55.8 Å². The maximum Gasteiger partial charge on any atom is 0.303 e. The van der Waals surface area contributed by atoms with Crippen molar-refractivity contribution in [3.63, 3.8) is 0 Å². The van der Waals surface area contributed by atoms with Gasteiger partial charge in [-0.15, -0.1) is 23.5 Å². The summed E-state index contributed by atoms with van der Waals surface area (Å²) in [5.74, 6) is -1.13. The molecule has 9 nitrogen and oxygen atoms in total. The molecule has 0 fully saturated rings. The first kappa shape index (κ1) is 35.2. The molecule has 0 saturated carbocycles. The monoisotopic (exact) mass is 660 g/mol. The Morgan fingerprint density at radius 1 is 0.659 bits per heavy atom. The van der Waals surface area contributed by atoms with Gasteiger partial charge < -0.3 is 14.2 Å². The lowest BCUT2D eigenvalue weighted by atomic mass is 10.1. The molecule has 3 aromatic rings. The second kappa shape index (κ2) is 17.2. The highest BCUT2D eigenvalue weighted by molar-refractivity contribution is 8.16. The van der Waals surface area contributed by atoms with E-state index in [1.54, 1.807) is 12.1 Å². The number of aryl methyl sites for hydroxylation is 1. The third-order valence-electron chi connectivity index (χ3n) is 6.09. The van der Waals surface area contributed by atoms with E-state index in [-0.39, 0.29) is 4.90 Å². The number of hydrogen-bond donors (Lipinski definition) is 0. The zero-order chi connectivity index (χ0) is 32.1. The number of benzene rings is 3. The van der Waals surface area contributed by atoms with Crippen molar-refractivity contribution in [2.75, 3.05) is 6.61 Å². The van der Waals surface area contributed by atoms with Gasteiger partial charge in [-0.25, -0.2) is 0 Å². The average Bonchev–Trinajstić information content (AvgIpc) is 2.98. The Bertz CT molecular complexity index is 1420. The van der Waals surface area contributed by atoms with Gasteiger partial charge in [-0.05, 0) is 30.2 Å². The molecular formula is C32H36O9S3. The van der Waals surface area contributed by atoms with Gasteiger partial charge in [0.15, 0.2) is 18.3 Å². The minimum Gasteiger partial charge on any atom is -0.456 e. The number of thioether (sulfide) groups is 2. The molecule has 12 heteroatoms. The molecule has 3 aromatic carbocycles. The molecule has 0 amide bonds. The molecule has 0 saturated heterocycles. The van der Waals surface area contributed by atoms with Crippen LogP contribution in [0.5, 0.6) is 0 Å². The van der Waals surface area contributed by atoms with Crippen molar-refractivity contribution in [2.24, 2.45) is 0 Å². The van der Waals surface area contributed by atoms with E-state index in [0.29, 0.717) is 11.5 Å². The molecule has 0 spiro atoms. The molecule has 236 valence electrons. The largest absolute Gasteiger partial charge is 0.456 e. The Hall–Kier alpha value is -3.32. The zero-order valence-electron chi connectivity index (χ0n) is 24.9. The summed E-state index contributed by atoms with van der Waals surface area (Å²) >= 11 is 2.90. The van der Waals surface area contributed by atoms with Crippen molar-refractivity contribution in [1.29, 1.82) is 0 Å². The van der Waals surface area contributed by atoms with Gasteiger partial charge >= 0.3 is 17.9 Å². The fraction of sp³-hybridized carbons (Fsp3) is 0.344. The van der Waals surface area contributed by atoms with E-state index in [0.717, 1.165) is 30.5 Å². The first-order chi connectivity index (χ1) is 20.9. The highest BCUT2D eigenvalue weighted by Gasteiger charge is 2.43. The molecule has 0 radical (unpaired) electrons. The Balaban J connectivity index is 1.98. The molecule has 0 aliphatic rings. The lowest BCUT2D eigenvalue weighted by molar-refractivity contribution is -0.183. The van der Waals surface area contributed by atoms with E-state index in [1.165, 1.54) is 42.6 Å². The van der Waals surface area contributed by atoms with Gasteiger partial charge in [0.2, 0.25) is 0 Å². The lowest BCUT2D eigenvalue weighted by Crippen LogP contribution is -2.50. The van der Waals surface area contributed by atoms with Crippen molar-refractivity contribution in [3.05, 3.63) is 102 Å². The van der Waals surface area contributed by atoms with Crippen LogP contribution in [0.4, 0.5) is 0 Å². The summed E-state index contributed by atoms with van der Waals surface area (Å²) in [5, 5.41) is 0. The van der Waals surface area contributed by atoms with Gasteiger partial charge in [0, 0.05) is 32.3 Å². The molecule has 0 N–H and O–H groups in total. The Labute approximate surface area is 267 Å². The molecule has 3 atom stereocenters. The maximum atomic E-state index is 13.0. The molecule has 3 rings (SSSR count). The van der Waals surface area contributed by atoms with Gasteiger partial charge in [-0.2, -0.15) is 8.42 Å². The third-order valence-corrected chi connectivity index (χ3v) is 10.4. The second-order valence-corrected chi connectivity index (χ2v) is 14.0. The van der Waals surface area contributed by atoms with Crippen LogP contribution in [0, 0.1) is 6.92 Å². The van der Waals surface area contributed by atoms with Crippen LogP contribution in [0.25, 0.3) is 0 Å². The van der Waals surface area contributed by atoms with Gasteiger partial charge in [0.1, 0.15) is 6.61 Å². The Morgan fingerprint density at radius 3 is 1.57 bits per heavy atom. The van der Waals surface area contributed by atoms with Crippen LogP contribution in [-0.2, 0) is 54.4 Å². The molecule has 0 heterocycles. The van der Waals surface area contributed by atoms with Gasteiger partial charge in [-0.1, -0.05) is 78.4 Å². The number of carbonyl (C=O) groups is 3. The smallest absolute Gasteiger partial charge is 0.303 e. The van der Waals surface area contributed by atoms with Crippen LogP contribution in [0.1, 0.15) is 37.5 Å². The zero-order valence-corrected chi connectivity index (χ0v) is 27.4. The first-order valence-corrected chi connectivity index (χ1v) is 17.2. The number of rotatable bonds is 16. The summed E-state index contributed by atoms with van der Waals surface area (Å²) in [4.78, 5) is 37.0. The Morgan fingerprint density at radius 2 is 1.11 bits per heavy atom. The number of ether oxygens (including phenoxy) is 3. The number of esters is 3. The molecule has 0 aromatic heterocycles. The fourth-order valence-corrected chi connectivity index (χ4v) is 7.71. The molecule has 0 bridgehead atoms. The van der Waals surface area contributed by atoms with Gasteiger partial charge in [0.05, 0.1) is 9.48 Å². The van der Waals surface area contributed by atoms with Crippen molar-refractivity contribution < 1.29 is 41.2 Å². The fourth-order valence-electron chi connectivity index (χ4n) is 4.10. The van der Waals surface area contributed by atoms with Crippen molar-refractivity contribution >= 4 is 51.5 Å². The summed E-state index contributed by atoms with van der Waals surface area (Å²) in [6.45, 7) is 4.65. The molecule has 0 aliphatic carbocycles. The van der Waals surface area contributed by atoms with Crippen LogP contribution >= 0.6 is 23.5 Å². The first-order valence-electron chi connectivity index (χ1n) is 13.7. The van der Waals surface area contributed by atoms with E-state index in [2.05, 4.69) is 0 Å². The molecular weight excluding hydrogens is 625 g/mol. The summed E-state index contributed by atoms with van der Waals surface area (Å²) in [5.41, 5.74) is 2.88. The van der Waals surface area contributed by atoms with Crippen LogP contribution in [0.3, 0.4) is 0 Å². The third kappa shape index (κ3) is 11.6. The Kier molecular flexibility index (Phi) is 13.8. The molecule has 44 heavy (non-hydrogen) atoms. The predicted octanol–water partition coefficient (Wildman–Crippen LogP) is 5.69. The van der Waals surface area contributed by atoms with Crippen molar-refractivity contribution in [3.8, 4) is 0 Å². The SMILES string of the molecule is CC(=O)O[C@@H]([C@H](COS(=O)(=O)c1ccc(C)cc1)OC(C)=O)[C@@H](OC(C)=O)C(SCc1ccccc1)SCc1ccccc1. The average molecular weight is 661 g/mol. The van der Waals surface area contributed by atoms with E-state index in [9.17, 15) is 22.8 Å². The number of carbonyl (C=O) groups excluding carboxylic acids is 3. The normalized spacial score (nSPS) is 13.5. The van der Waals surface area contributed by atoms with Crippen molar-refractivity contribution in [2.45, 2.75) is 67.0 Å². The van der Waals surface area contributed by atoms with Crippen molar-refractivity contribution in [1.82, 2.24) is 0 Å². The van der Waals surface area contributed by atoms with Crippen LogP contribution < -0.4 is 0 Å². The second-order valence-electron chi connectivity index (χ2n) is 9.81. The van der Waals surface area contributed by atoms with Crippen LogP contribution in [0.15, 0.2) is 89.8 Å². The topological polar surface area (TPSA) is 122 Å². The number of hydrogen-bond acceptors (Lipinski definition) is 11. The summed E-state index contributed by atoms with van der Waals surface area (Å²) in [6, 6.07) is 25.3. The van der Waals surface area contributed by atoms with Gasteiger partial charge in [0.25, 0.3) is 10.1 Å². The lowest BCUT2D eigenvalue weighted by Gasteiger charge is -2.35. The predicted molar refractivity (Wildman–Crippen MR) is 170 cm³/mol. The maximum absolute atomic E-state index is 13.0. The van der Waals surface area contributed by atoms with E-state index < -0.39 is 57.5 Å². The molecule has 0 unspecified atom stereocenters. The summed E-state index contributed by atoms with van der Waals surface area (Å²) in [7, 11) is -4.28. The highest BCUT2D eigenvalue weighted by atomic mass is 32.2. The minimum absolute atomic E-state index is 0.0973. The molecule has 0 aliphatic heterocycles. The minimum atomic E-state index is -4.28. The van der Waals surface area contributed by atoms with Crippen LogP contribution in [0.2, 0.25) is 0 Å². The summed E-state index contributed by atoms with van der Waals surface area (Å²) in [6.07, 6.45) is -3.99. The standard InChI is InChI=1S/C32H36O9S3/c1-22-15-17-28(18-16-22)44(36,37)38-19-29(39-23(2)33)30(40-24(3)34)31(41-25(4)35)32(42-20-26-11-7-5-8-12-26)43-21-27-13-9-6-10-14-27/h5-18,29-32H,19-21H2,1-4H3/t29-,30-,31+/m0/s1. The highest BCUT2D eigenvalue weighted by Crippen LogP contribution is 2.37.